The molecule has 0 aliphatic heterocycles. The third kappa shape index (κ3) is 7.74. The first-order chi connectivity index (χ1) is 18.5. The van der Waals surface area contributed by atoms with Crippen LogP contribution in [0.25, 0.3) is 11.1 Å². The number of ether oxygens (including phenoxy) is 2. The van der Waals surface area contributed by atoms with Crippen LogP contribution in [-0.2, 0) is 17.8 Å². The fourth-order valence-corrected chi connectivity index (χ4v) is 5.00. The van der Waals surface area contributed by atoms with Gasteiger partial charge in [0.15, 0.2) is 11.6 Å². The summed E-state index contributed by atoms with van der Waals surface area (Å²) in [6.45, 7) is 8.08. The lowest BCUT2D eigenvalue weighted by molar-refractivity contribution is -0.137. The summed E-state index contributed by atoms with van der Waals surface area (Å²) in [6, 6.07) is 9.00. The summed E-state index contributed by atoms with van der Waals surface area (Å²) in [5, 5.41) is 9.17. The van der Waals surface area contributed by atoms with Gasteiger partial charge in [0.2, 0.25) is 5.88 Å². The lowest BCUT2D eigenvalue weighted by atomic mass is 9.79. The van der Waals surface area contributed by atoms with Crippen molar-refractivity contribution < 1.29 is 32.5 Å². The molecule has 1 unspecified atom stereocenters. The highest BCUT2D eigenvalue weighted by molar-refractivity contribution is 5.69. The molecule has 1 N–H and O–H groups in total. The second-order valence-corrected chi connectivity index (χ2v) is 10.6. The van der Waals surface area contributed by atoms with E-state index in [9.17, 15) is 13.6 Å². The summed E-state index contributed by atoms with van der Waals surface area (Å²) < 4.78 is 55.4. The molecule has 1 aromatic heterocycles. The summed E-state index contributed by atoms with van der Waals surface area (Å²) in [6.07, 6.45) is 3.75. The molecule has 0 amide bonds. The smallest absolute Gasteiger partial charge is 0.303 e. The number of carboxylic acids is 1. The van der Waals surface area contributed by atoms with Gasteiger partial charge in [-0.15, -0.1) is 0 Å². The molecule has 1 atom stereocenters. The third-order valence-electron chi connectivity index (χ3n) is 6.88. The van der Waals surface area contributed by atoms with Gasteiger partial charge in [-0.2, -0.15) is 0 Å². The van der Waals surface area contributed by atoms with Crippen LogP contribution in [0, 0.1) is 22.9 Å². The molecule has 2 aromatic carbocycles. The molecule has 5 nitrogen and oxygen atoms in total. The molecule has 210 valence electrons. The van der Waals surface area contributed by atoms with Gasteiger partial charge in [-0.1, -0.05) is 52.3 Å². The average molecular weight is 544 g/mol. The Kier molecular flexibility index (Phi) is 10.0. The van der Waals surface area contributed by atoms with E-state index in [4.69, 9.17) is 14.6 Å². The highest BCUT2D eigenvalue weighted by Gasteiger charge is 2.23. The van der Waals surface area contributed by atoms with E-state index < -0.39 is 29.3 Å². The summed E-state index contributed by atoms with van der Waals surface area (Å²) in [7, 11) is 1.47. The summed E-state index contributed by atoms with van der Waals surface area (Å²) in [5.74, 6) is -3.70. The first-order valence-corrected chi connectivity index (χ1v) is 13.1. The highest BCUT2D eigenvalue weighted by atomic mass is 19.1. The van der Waals surface area contributed by atoms with Crippen molar-refractivity contribution in [2.24, 2.45) is 5.41 Å². The standard InChI is InChI=1S/C31H36F3NO4/c1-6-10-31(3,4)16-21-11-19(8-9-23(21)25-15-28(38-5)35-17-26(25)33)18-39-27-14-22(32)13-24(30(27)34)20(7-2)12-29(36)37/h8-9,11,13-15,17,20H,6-7,10,12,16,18H2,1-5H3,(H,36,37). The number of carbonyl (C=O) groups is 1. The van der Waals surface area contributed by atoms with Crippen molar-refractivity contribution >= 4 is 5.97 Å². The Bertz CT molecular complexity index is 1310. The maximum absolute atomic E-state index is 15.3. The van der Waals surface area contributed by atoms with Gasteiger partial charge < -0.3 is 14.6 Å². The first-order valence-electron chi connectivity index (χ1n) is 13.1. The lowest BCUT2D eigenvalue weighted by Crippen LogP contribution is -2.15. The van der Waals surface area contributed by atoms with Gasteiger partial charge in [0, 0.05) is 17.7 Å². The molecule has 39 heavy (non-hydrogen) atoms. The molecule has 0 aliphatic rings. The number of aromatic nitrogens is 1. The molecular weight excluding hydrogens is 507 g/mol. The van der Waals surface area contributed by atoms with Crippen LogP contribution in [0.3, 0.4) is 0 Å². The number of nitrogens with zero attached hydrogens (tertiary/aromatic N) is 1. The molecule has 0 bridgehead atoms. The molecule has 0 spiro atoms. The highest BCUT2D eigenvalue weighted by Crippen LogP contribution is 2.36. The van der Waals surface area contributed by atoms with E-state index in [1.54, 1.807) is 25.1 Å². The SMILES string of the molecule is CCCC(C)(C)Cc1cc(COc2cc(F)cc(C(CC)CC(=O)O)c2F)ccc1-c1cc(OC)ncc1F. The van der Waals surface area contributed by atoms with Crippen LogP contribution in [0.5, 0.6) is 11.6 Å². The third-order valence-corrected chi connectivity index (χ3v) is 6.88. The van der Waals surface area contributed by atoms with Crippen molar-refractivity contribution in [1.29, 1.82) is 0 Å². The van der Waals surface area contributed by atoms with Gasteiger partial charge >= 0.3 is 5.97 Å². The number of benzene rings is 2. The van der Waals surface area contributed by atoms with Crippen molar-refractivity contribution in [3.63, 3.8) is 0 Å². The van der Waals surface area contributed by atoms with E-state index >= 15 is 4.39 Å². The van der Waals surface area contributed by atoms with Crippen molar-refractivity contribution in [2.75, 3.05) is 7.11 Å². The lowest BCUT2D eigenvalue weighted by Gasteiger charge is -2.26. The fraction of sp³-hybridized carbons (Fsp3) is 0.419. The van der Waals surface area contributed by atoms with Crippen molar-refractivity contribution in [1.82, 2.24) is 4.98 Å². The molecule has 0 fully saturated rings. The van der Waals surface area contributed by atoms with Crippen LogP contribution in [0.1, 0.15) is 76.0 Å². The molecule has 0 saturated carbocycles. The van der Waals surface area contributed by atoms with Crippen LogP contribution in [0.15, 0.2) is 42.6 Å². The van der Waals surface area contributed by atoms with Crippen LogP contribution < -0.4 is 9.47 Å². The topological polar surface area (TPSA) is 68.7 Å². The van der Waals surface area contributed by atoms with Gasteiger partial charge in [-0.25, -0.2) is 18.2 Å². The predicted molar refractivity (Wildman–Crippen MR) is 145 cm³/mol. The molecule has 1 heterocycles. The monoisotopic (exact) mass is 543 g/mol. The number of aliphatic carboxylic acids is 1. The molecule has 8 heteroatoms. The number of methoxy groups -OCH3 is 1. The van der Waals surface area contributed by atoms with E-state index in [1.165, 1.54) is 7.11 Å². The zero-order valence-electron chi connectivity index (χ0n) is 23.1. The van der Waals surface area contributed by atoms with E-state index in [-0.39, 0.29) is 29.8 Å². The fourth-order valence-electron chi connectivity index (χ4n) is 5.00. The second kappa shape index (κ2) is 13.0. The van der Waals surface area contributed by atoms with E-state index in [1.807, 2.05) is 6.07 Å². The minimum atomic E-state index is -1.09. The minimum Gasteiger partial charge on any atom is -0.486 e. The van der Waals surface area contributed by atoms with Gasteiger partial charge in [0.1, 0.15) is 18.2 Å². The zero-order valence-corrected chi connectivity index (χ0v) is 23.1. The Morgan fingerprint density at radius 2 is 1.82 bits per heavy atom. The van der Waals surface area contributed by atoms with E-state index in [0.29, 0.717) is 35.4 Å². The maximum Gasteiger partial charge on any atom is 0.303 e. The second-order valence-electron chi connectivity index (χ2n) is 10.6. The Morgan fingerprint density at radius 1 is 1.08 bits per heavy atom. The minimum absolute atomic E-state index is 0.0191. The van der Waals surface area contributed by atoms with Crippen molar-refractivity contribution in [2.45, 2.75) is 72.3 Å². The molecule has 0 saturated heterocycles. The zero-order chi connectivity index (χ0) is 28.7. The normalized spacial score (nSPS) is 12.3. The van der Waals surface area contributed by atoms with Gasteiger partial charge in [0.25, 0.3) is 0 Å². The Balaban J connectivity index is 1.97. The quantitative estimate of drug-likeness (QED) is 0.236. The van der Waals surface area contributed by atoms with Crippen LogP contribution in [0.4, 0.5) is 13.2 Å². The first kappa shape index (κ1) is 30.0. The molecule has 3 rings (SSSR count). The van der Waals surface area contributed by atoms with Gasteiger partial charge in [-0.05, 0) is 58.9 Å². The molecule has 0 radical (unpaired) electrons. The van der Waals surface area contributed by atoms with Crippen LogP contribution >= 0.6 is 0 Å². The van der Waals surface area contributed by atoms with E-state index in [2.05, 4.69) is 25.8 Å². The molecular formula is C31H36F3NO4. The Morgan fingerprint density at radius 3 is 2.46 bits per heavy atom. The maximum atomic E-state index is 15.3. The average Bonchev–Trinajstić information content (AvgIpc) is 2.88. The molecule has 0 aliphatic carbocycles. The predicted octanol–water partition coefficient (Wildman–Crippen LogP) is 8.09. The molecule has 3 aromatic rings. The Hall–Kier alpha value is -3.55. The van der Waals surface area contributed by atoms with Gasteiger partial charge in [0.05, 0.1) is 19.7 Å². The summed E-state index contributed by atoms with van der Waals surface area (Å²) >= 11 is 0. The Labute approximate surface area is 228 Å². The van der Waals surface area contributed by atoms with E-state index in [0.717, 1.165) is 36.7 Å². The van der Waals surface area contributed by atoms with Gasteiger partial charge in [-0.3, -0.25) is 4.79 Å². The largest absolute Gasteiger partial charge is 0.486 e. The number of rotatable bonds is 13. The summed E-state index contributed by atoms with van der Waals surface area (Å²) in [5.41, 5.74) is 2.55. The summed E-state index contributed by atoms with van der Waals surface area (Å²) in [4.78, 5) is 15.1. The van der Waals surface area contributed by atoms with Crippen LogP contribution in [-0.4, -0.2) is 23.2 Å². The number of hydrogen-bond donors (Lipinski definition) is 1. The number of halogens is 3. The van der Waals surface area contributed by atoms with Crippen LogP contribution in [0.2, 0.25) is 0 Å². The van der Waals surface area contributed by atoms with Crippen molar-refractivity contribution in [3.8, 4) is 22.8 Å². The number of hydrogen-bond acceptors (Lipinski definition) is 4. The number of pyridine rings is 1. The van der Waals surface area contributed by atoms with Crippen molar-refractivity contribution in [3.05, 3.63) is 76.7 Å². The number of carboxylic acid groups (broad SMARTS) is 1.